The minimum Gasteiger partial charge on any atom is -0.455 e. The number of halogens is 3. The molecular weight excluding hydrogens is 403 g/mol. The highest BCUT2D eigenvalue weighted by Crippen LogP contribution is 2.38. The Hall–Kier alpha value is -0.510. The number of benzene rings is 2. The Bertz CT molecular complexity index is 611. The highest BCUT2D eigenvalue weighted by molar-refractivity contribution is 9.10. The average Bonchev–Trinajstić information content (AvgIpc) is 2.42. The first-order valence-electron chi connectivity index (χ1n) is 6.33. The fraction of sp³-hybridized carbons (Fsp3) is 0.250. The Morgan fingerprint density at radius 2 is 1.95 bits per heavy atom. The van der Waals surface area contributed by atoms with Gasteiger partial charge in [0, 0.05) is 15.4 Å². The van der Waals surface area contributed by atoms with Gasteiger partial charge in [-0.25, -0.2) is 0 Å². The Balaban J connectivity index is 2.45. The second-order valence-electron chi connectivity index (χ2n) is 4.80. The van der Waals surface area contributed by atoms with Crippen LogP contribution < -0.4 is 4.74 Å². The lowest BCUT2D eigenvalue weighted by Crippen LogP contribution is -1.96. The molecule has 0 spiro atoms. The van der Waals surface area contributed by atoms with E-state index in [9.17, 15) is 0 Å². The molecule has 2 aromatic carbocycles. The Labute approximate surface area is 141 Å². The quantitative estimate of drug-likeness (QED) is 0.490. The Kier molecular flexibility index (Phi) is 5.53. The number of rotatable bonds is 4. The van der Waals surface area contributed by atoms with Gasteiger partial charge in [0.2, 0.25) is 0 Å². The van der Waals surface area contributed by atoms with Gasteiger partial charge in [-0.2, -0.15) is 0 Å². The van der Waals surface area contributed by atoms with E-state index < -0.39 is 0 Å². The molecule has 0 amide bonds. The van der Waals surface area contributed by atoms with Crippen LogP contribution in [0.5, 0.6) is 11.5 Å². The number of alkyl halides is 1. The van der Waals surface area contributed by atoms with E-state index in [1.807, 2.05) is 30.3 Å². The van der Waals surface area contributed by atoms with Crippen LogP contribution in [0.25, 0.3) is 0 Å². The molecule has 4 heteroatoms. The maximum Gasteiger partial charge on any atom is 0.150 e. The maximum atomic E-state index is 6.27. The molecule has 2 rings (SSSR count). The molecule has 0 aromatic heterocycles. The van der Waals surface area contributed by atoms with Crippen LogP contribution in [-0.2, 0) is 5.33 Å². The molecule has 0 bridgehead atoms. The molecule has 106 valence electrons. The van der Waals surface area contributed by atoms with Gasteiger partial charge in [-0.15, -0.1) is 0 Å². The first-order chi connectivity index (χ1) is 9.52. The molecule has 0 aliphatic heterocycles. The van der Waals surface area contributed by atoms with Crippen LogP contribution in [0.3, 0.4) is 0 Å². The Morgan fingerprint density at radius 3 is 2.60 bits per heavy atom. The Morgan fingerprint density at radius 1 is 1.20 bits per heavy atom. The molecule has 2 aromatic rings. The molecule has 0 aliphatic rings. The topological polar surface area (TPSA) is 9.23 Å². The molecule has 0 unspecified atom stereocenters. The molecule has 1 nitrogen and oxygen atoms in total. The predicted octanol–water partition coefficient (Wildman–Crippen LogP) is 6.91. The standard InChI is InChI=1S/C16H15Br2ClO/c1-10(2)13-8-12(18)6-7-15(13)20-16-11(9-17)4-3-5-14(16)19/h3-8,10H,9H2,1-2H3. The van der Waals surface area contributed by atoms with E-state index in [0.29, 0.717) is 16.3 Å². The van der Waals surface area contributed by atoms with Crippen LogP contribution in [-0.4, -0.2) is 0 Å². The SMILES string of the molecule is CC(C)c1cc(Br)ccc1Oc1c(Cl)cccc1CBr. The zero-order chi connectivity index (χ0) is 14.7. The summed E-state index contributed by atoms with van der Waals surface area (Å²) < 4.78 is 7.15. The summed E-state index contributed by atoms with van der Waals surface area (Å²) in [5, 5.41) is 1.33. The highest BCUT2D eigenvalue weighted by atomic mass is 79.9. The predicted molar refractivity (Wildman–Crippen MR) is 92.4 cm³/mol. The third-order valence-corrected chi connectivity index (χ3v) is 4.39. The van der Waals surface area contributed by atoms with Gasteiger partial charge in [0.25, 0.3) is 0 Å². The van der Waals surface area contributed by atoms with Gasteiger partial charge >= 0.3 is 0 Å². The number of hydrogen-bond donors (Lipinski definition) is 0. The lowest BCUT2D eigenvalue weighted by molar-refractivity contribution is 0.469. The van der Waals surface area contributed by atoms with E-state index in [4.69, 9.17) is 16.3 Å². The van der Waals surface area contributed by atoms with Crippen LogP contribution >= 0.6 is 43.5 Å². The lowest BCUT2D eigenvalue weighted by Gasteiger charge is -2.17. The molecule has 20 heavy (non-hydrogen) atoms. The molecule has 0 atom stereocenters. The summed E-state index contributed by atoms with van der Waals surface area (Å²) in [5.74, 6) is 1.94. The van der Waals surface area contributed by atoms with Crippen molar-refractivity contribution in [3.05, 3.63) is 57.0 Å². The van der Waals surface area contributed by atoms with Gasteiger partial charge in [-0.1, -0.05) is 69.4 Å². The summed E-state index contributed by atoms with van der Waals surface area (Å²) in [4.78, 5) is 0. The summed E-state index contributed by atoms with van der Waals surface area (Å²) in [6.07, 6.45) is 0. The van der Waals surface area contributed by atoms with Crippen molar-refractivity contribution in [1.82, 2.24) is 0 Å². The zero-order valence-corrected chi connectivity index (χ0v) is 15.2. The second kappa shape index (κ2) is 6.97. The van der Waals surface area contributed by atoms with Gasteiger partial charge < -0.3 is 4.74 Å². The second-order valence-corrected chi connectivity index (χ2v) is 6.68. The number of para-hydroxylation sites is 1. The summed E-state index contributed by atoms with van der Waals surface area (Å²) >= 11 is 13.2. The number of ether oxygens (including phenoxy) is 1. The third kappa shape index (κ3) is 3.57. The van der Waals surface area contributed by atoms with Crippen molar-refractivity contribution >= 4 is 43.5 Å². The van der Waals surface area contributed by atoms with Crippen molar-refractivity contribution in [3.63, 3.8) is 0 Å². The molecular formula is C16H15Br2ClO. The van der Waals surface area contributed by atoms with E-state index in [2.05, 4.69) is 51.8 Å². The molecule has 0 heterocycles. The fourth-order valence-corrected chi connectivity index (χ4v) is 3.00. The molecule has 0 aliphatic carbocycles. The minimum atomic E-state index is 0.373. The van der Waals surface area contributed by atoms with Crippen LogP contribution in [0.4, 0.5) is 0 Å². The van der Waals surface area contributed by atoms with Crippen molar-refractivity contribution in [2.75, 3.05) is 0 Å². The molecule has 0 saturated carbocycles. The normalized spacial score (nSPS) is 10.9. The van der Waals surface area contributed by atoms with Gasteiger partial charge in [-0.05, 0) is 35.7 Å². The van der Waals surface area contributed by atoms with Crippen LogP contribution in [0.2, 0.25) is 5.02 Å². The van der Waals surface area contributed by atoms with Crippen molar-refractivity contribution < 1.29 is 4.74 Å². The lowest BCUT2D eigenvalue weighted by atomic mass is 10.0. The van der Waals surface area contributed by atoms with Gasteiger partial charge in [-0.3, -0.25) is 0 Å². The summed E-state index contributed by atoms with van der Waals surface area (Å²) in [6.45, 7) is 4.29. The van der Waals surface area contributed by atoms with Crippen LogP contribution in [0.1, 0.15) is 30.9 Å². The van der Waals surface area contributed by atoms with Crippen molar-refractivity contribution in [2.24, 2.45) is 0 Å². The molecule has 0 radical (unpaired) electrons. The highest BCUT2D eigenvalue weighted by Gasteiger charge is 2.13. The van der Waals surface area contributed by atoms with E-state index in [0.717, 1.165) is 27.1 Å². The van der Waals surface area contributed by atoms with E-state index >= 15 is 0 Å². The fourth-order valence-electron chi connectivity index (χ4n) is 1.95. The third-order valence-electron chi connectivity index (χ3n) is 3.00. The molecule has 0 saturated heterocycles. The number of hydrogen-bond acceptors (Lipinski definition) is 1. The largest absolute Gasteiger partial charge is 0.455 e. The summed E-state index contributed by atoms with van der Waals surface area (Å²) in [6, 6.07) is 11.8. The van der Waals surface area contributed by atoms with Crippen molar-refractivity contribution in [3.8, 4) is 11.5 Å². The van der Waals surface area contributed by atoms with Gasteiger partial charge in [0.1, 0.15) is 11.5 Å². The van der Waals surface area contributed by atoms with E-state index in [1.165, 1.54) is 0 Å². The van der Waals surface area contributed by atoms with Crippen LogP contribution in [0, 0.1) is 0 Å². The summed E-state index contributed by atoms with van der Waals surface area (Å²) in [5.41, 5.74) is 2.19. The minimum absolute atomic E-state index is 0.373. The monoisotopic (exact) mass is 416 g/mol. The average molecular weight is 419 g/mol. The van der Waals surface area contributed by atoms with Gasteiger partial charge in [0.05, 0.1) is 5.02 Å². The zero-order valence-electron chi connectivity index (χ0n) is 11.3. The maximum absolute atomic E-state index is 6.27. The first-order valence-corrected chi connectivity index (χ1v) is 8.62. The van der Waals surface area contributed by atoms with Crippen LogP contribution in [0.15, 0.2) is 40.9 Å². The summed E-state index contributed by atoms with van der Waals surface area (Å²) in [7, 11) is 0. The molecule has 0 fully saturated rings. The van der Waals surface area contributed by atoms with Crippen molar-refractivity contribution in [1.29, 1.82) is 0 Å². The van der Waals surface area contributed by atoms with E-state index in [-0.39, 0.29) is 0 Å². The van der Waals surface area contributed by atoms with Gasteiger partial charge in [0.15, 0.2) is 0 Å². The van der Waals surface area contributed by atoms with Crippen molar-refractivity contribution in [2.45, 2.75) is 25.1 Å². The first kappa shape index (κ1) is 15.9. The molecule has 0 N–H and O–H groups in total. The smallest absolute Gasteiger partial charge is 0.150 e. The van der Waals surface area contributed by atoms with E-state index in [1.54, 1.807) is 0 Å².